The molecule has 3 amide bonds. The Hall–Kier alpha value is -4.99. The number of nitrogens with two attached hydrogens (primary N) is 1. The van der Waals surface area contributed by atoms with Crippen molar-refractivity contribution in [3.05, 3.63) is 36.0 Å². The van der Waals surface area contributed by atoms with E-state index in [2.05, 4.69) is 20.9 Å². The van der Waals surface area contributed by atoms with Crippen LogP contribution in [0.25, 0.3) is 10.9 Å². The molecule has 0 aliphatic carbocycles. The lowest BCUT2D eigenvalue weighted by molar-refractivity contribution is -0.144. The van der Waals surface area contributed by atoms with Gasteiger partial charge in [-0.1, -0.05) is 18.2 Å². The number of carbonyl (C=O) groups is 7. The van der Waals surface area contributed by atoms with Crippen molar-refractivity contribution >= 4 is 52.5 Å². The summed E-state index contributed by atoms with van der Waals surface area (Å²) in [6.07, 6.45) is -1.43. The van der Waals surface area contributed by atoms with Gasteiger partial charge in [0.1, 0.15) is 18.1 Å². The molecule has 4 unspecified atom stereocenters. The number of nitrogens with one attached hydrogen (secondary N) is 4. The second-order valence-corrected chi connectivity index (χ2v) is 8.82. The van der Waals surface area contributed by atoms with Crippen molar-refractivity contribution in [2.45, 2.75) is 56.3 Å². The third kappa shape index (κ3) is 9.39. The minimum Gasteiger partial charge on any atom is -0.481 e. The van der Waals surface area contributed by atoms with Gasteiger partial charge in [0, 0.05) is 29.9 Å². The lowest BCUT2D eigenvalue weighted by Crippen LogP contribution is -2.58. The number of H-pyrrole nitrogens is 1. The van der Waals surface area contributed by atoms with E-state index >= 15 is 0 Å². The highest BCUT2D eigenvalue weighted by molar-refractivity contribution is 5.96. The van der Waals surface area contributed by atoms with E-state index in [0.717, 1.165) is 0 Å². The van der Waals surface area contributed by atoms with Gasteiger partial charge in [-0.05, 0) is 18.1 Å². The fourth-order valence-corrected chi connectivity index (χ4v) is 3.74. The first-order valence-electron chi connectivity index (χ1n) is 11.9. The molecule has 0 fully saturated rings. The number of para-hydroxylation sites is 1. The molecule has 1 aromatic carbocycles. The number of aromatic amines is 1. The summed E-state index contributed by atoms with van der Waals surface area (Å²) in [5, 5.41) is 43.6. The first-order chi connectivity index (χ1) is 18.8. The molecule has 16 nitrogen and oxygen atoms in total. The SMILES string of the molecule is NC(CC(=O)O)C(=O)NC(CC(=O)O)C(=O)NC(Cc1c[nH]c2ccccc12)C(=O)NC(CCC(=O)O)C(=O)O. The Labute approximate surface area is 225 Å². The highest BCUT2D eigenvalue weighted by atomic mass is 16.4. The quantitative estimate of drug-likeness (QED) is 0.112. The summed E-state index contributed by atoms with van der Waals surface area (Å²) in [7, 11) is 0. The topological polar surface area (TPSA) is 278 Å². The van der Waals surface area contributed by atoms with Crippen molar-refractivity contribution in [1.29, 1.82) is 0 Å². The van der Waals surface area contributed by atoms with E-state index in [9.17, 15) is 43.8 Å². The second kappa shape index (κ2) is 14.2. The molecule has 0 radical (unpaired) electrons. The maximum atomic E-state index is 13.2. The van der Waals surface area contributed by atoms with E-state index in [4.69, 9.17) is 15.9 Å². The number of rotatable bonds is 16. The molecule has 2 rings (SSSR count). The molecule has 0 aliphatic rings. The van der Waals surface area contributed by atoms with Crippen LogP contribution < -0.4 is 21.7 Å². The van der Waals surface area contributed by atoms with E-state index in [1.807, 2.05) is 0 Å². The molecular formula is C24H29N5O11. The van der Waals surface area contributed by atoms with Gasteiger partial charge in [0.25, 0.3) is 0 Å². The Morgan fingerprint density at radius 1 is 0.750 bits per heavy atom. The lowest BCUT2D eigenvalue weighted by atomic mass is 10.0. The van der Waals surface area contributed by atoms with Crippen molar-refractivity contribution in [2.24, 2.45) is 5.73 Å². The van der Waals surface area contributed by atoms with Gasteiger partial charge in [-0.2, -0.15) is 0 Å². The average Bonchev–Trinajstić information content (AvgIpc) is 3.27. The number of hydrogen-bond acceptors (Lipinski definition) is 8. The molecule has 0 saturated heterocycles. The Balaban J connectivity index is 2.33. The Morgan fingerprint density at radius 3 is 1.93 bits per heavy atom. The van der Waals surface area contributed by atoms with Crippen LogP contribution in [0.5, 0.6) is 0 Å². The number of carboxylic acid groups (broad SMARTS) is 4. The fourth-order valence-electron chi connectivity index (χ4n) is 3.74. The van der Waals surface area contributed by atoms with E-state index in [1.165, 1.54) is 0 Å². The molecule has 1 heterocycles. The molecule has 40 heavy (non-hydrogen) atoms. The first-order valence-corrected chi connectivity index (χ1v) is 11.9. The molecule has 1 aromatic heterocycles. The van der Waals surface area contributed by atoms with Gasteiger partial charge in [-0.25, -0.2) is 4.79 Å². The second-order valence-electron chi connectivity index (χ2n) is 8.82. The van der Waals surface area contributed by atoms with Crippen molar-refractivity contribution in [1.82, 2.24) is 20.9 Å². The normalized spacial score (nSPS) is 13.8. The first kappa shape index (κ1) is 31.2. The molecule has 2 aromatic rings. The number of aliphatic carboxylic acids is 4. The van der Waals surface area contributed by atoms with Crippen molar-refractivity contribution in [3.8, 4) is 0 Å². The lowest BCUT2D eigenvalue weighted by Gasteiger charge is -2.24. The summed E-state index contributed by atoms with van der Waals surface area (Å²) >= 11 is 0. The van der Waals surface area contributed by atoms with Crippen LogP contribution in [0.3, 0.4) is 0 Å². The van der Waals surface area contributed by atoms with Gasteiger partial charge in [0.15, 0.2) is 0 Å². The number of aromatic nitrogens is 1. The molecule has 0 bridgehead atoms. The summed E-state index contributed by atoms with van der Waals surface area (Å²) in [5.41, 5.74) is 6.70. The predicted octanol–water partition coefficient (Wildman–Crippen LogP) is -1.61. The van der Waals surface area contributed by atoms with Crippen molar-refractivity contribution in [2.75, 3.05) is 0 Å². The molecule has 0 aliphatic heterocycles. The minimum atomic E-state index is -1.77. The van der Waals surface area contributed by atoms with E-state index in [0.29, 0.717) is 16.5 Å². The van der Waals surface area contributed by atoms with Crippen molar-refractivity contribution < 1.29 is 54.0 Å². The van der Waals surface area contributed by atoms with Crippen LogP contribution in [-0.2, 0) is 40.0 Å². The molecule has 10 N–H and O–H groups in total. The fraction of sp³-hybridized carbons (Fsp3) is 0.375. The number of carboxylic acids is 4. The summed E-state index contributed by atoms with van der Waals surface area (Å²) in [6.45, 7) is 0. The van der Waals surface area contributed by atoms with Crippen LogP contribution in [0, 0.1) is 0 Å². The van der Waals surface area contributed by atoms with Gasteiger partial charge in [-0.3, -0.25) is 28.8 Å². The largest absolute Gasteiger partial charge is 0.481 e. The highest BCUT2D eigenvalue weighted by Crippen LogP contribution is 2.19. The standard InChI is InChI=1S/C24H29N5O11/c25-13(8-19(32)33)21(36)28-17(9-20(34)35)23(38)29-16(7-11-10-26-14-4-2-1-3-12(11)14)22(37)27-15(24(39)40)5-6-18(30)31/h1-4,10,13,15-17,26H,5-9,25H2,(H,27,37)(H,28,36)(H,29,38)(H,30,31)(H,32,33)(H,34,35)(H,39,40). The Morgan fingerprint density at radius 2 is 1.32 bits per heavy atom. The number of fused-ring (bicyclic) bond motifs is 1. The smallest absolute Gasteiger partial charge is 0.326 e. The molecule has 16 heteroatoms. The maximum Gasteiger partial charge on any atom is 0.326 e. The van der Waals surface area contributed by atoms with E-state index < -0.39 is 91.4 Å². The average molecular weight is 564 g/mol. The summed E-state index contributed by atoms with van der Waals surface area (Å²) < 4.78 is 0. The van der Waals surface area contributed by atoms with Crippen LogP contribution in [-0.4, -0.2) is 91.2 Å². The van der Waals surface area contributed by atoms with Gasteiger partial charge in [0.05, 0.1) is 18.9 Å². The zero-order chi connectivity index (χ0) is 30.0. The number of hydrogen-bond donors (Lipinski definition) is 9. The highest BCUT2D eigenvalue weighted by Gasteiger charge is 2.32. The van der Waals surface area contributed by atoms with Crippen LogP contribution in [0.1, 0.15) is 31.2 Å². The molecule has 216 valence electrons. The zero-order valence-electron chi connectivity index (χ0n) is 21.0. The van der Waals surface area contributed by atoms with Gasteiger partial charge < -0.3 is 47.1 Å². The van der Waals surface area contributed by atoms with Crippen molar-refractivity contribution in [3.63, 3.8) is 0 Å². The van der Waals surface area contributed by atoms with Crippen LogP contribution >= 0.6 is 0 Å². The maximum absolute atomic E-state index is 13.2. The van der Waals surface area contributed by atoms with Gasteiger partial charge in [-0.15, -0.1) is 0 Å². The van der Waals surface area contributed by atoms with Gasteiger partial charge in [0.2, 0.25) is 17.7 Å². The van der Waals surface area contributed by atoms with Crippen LogP contribution in [0.4, 0.5) is 0 Å². The van der Waals surface area contributed by atoms with Crippen LogP contribution in [0.15, 0.2) is 30.5 Å². The molecular weight excluding hydrogens is 534 g/mol. The Kier molecular flexibility index (Phi) is 11.1. The number of amides is 3. The van der Waals surface area contributed by atoms with Crippen LogP contribution in [0.2, 0.25) is 0 Å². The van der Waals surface area contributed by atoms with E-state index in [1.54, 1.807) is 30.5 Å². The minimum absolute atomic E-state index is 0.209. The predicted molar refractivity (Wildman–Crippen MR) is 135 cm³/mol. The number of benzene rings is 1. The zero-order valence-corrected chi connectivity index (χ0v) is 21.0. The third-order valence-electron chi connectivity index (χ3n) is 5.74. The monoisotopic (exact) mass is 563 g/mol. The molecule has 4 atom stereocenters. The van der Waals surface area contributed by atoms with Gasteiger partial charge >= 0.3 is 23.9 Å². The van der Waals surface area contributed by atoms with E-state index in [-0.39, 0.29) is 6.42 Å². The summed E-state index contributed by atoms with van der Waals surface area (Å²) in [5.74, 6) is -9.01. The molecule has 0 spiro atoms. The number of carbonyl (C=O) groups excluding carboxylic acids is 3. The summed E-state index contributed by atoms with van der Waals surface area (Å²) in [4.78, 5) is 86.2. The molecule has 0 saturated carbocycles. The third-order valence-corrected chi connectivity index (χ3v) is 5.74. The summed E-state index contributed by atoms with van der Waals surface area (Å²) in [6, 6.07) is 0.456. The Bertz CT molecular complexity index is 1290.